The van der Waals surface area contributed by atoms with Crippen LogP contribution in [0.3, 0.4) is 0 Å². The maximum atomic E-state index is 6.64. The van der Waals surface area contributed by atoms with E-state index >= 15 is 0 Å². The molecule has 2 atom stereocenters. The molecule has 1 aliphatic rings. The maximum absolute atomic E-state index is 6.64. The van der Waals surface area contributed by atoms with Crippen molar-refractivity contribution >= 4 is 14.4 Å². The molecule has 0 spiro atoms. The Morgan fingerprint density at radius 3 is 2.54 bits per heavy atom. The van der Waals surface area contributed by atoms with Crippen molar-refractivity contribution in [3.63, 3.8) is 0 Å². The summed E-state index contributed by atoms with van der Waals surface area (Å²) in [7, 11) is -1.83. The van der Waals surface area contributed by atoms with Gasteiger partial charge < -0.3 is 13.9 Å². The van der Waals surface area contributed by atoms with Gasteiger partial charge in [-0.25, -0.2) is 0 Å². The summed E-state index contributed by atoms with van der Waals surface area (Å²) in [4.78, 5) is 0. The number of hydrogen-bond donors (Lipinski definition) is 0. The van der Waals surface area contributed by atoms with Crippen molar-refractivity contribution in [3.05, 3.63) is 42.0 Å². The molecule has 3 nitrogen and oxygen atoms in total. The van der Waals surface area contributed by atoms with Gasteiger partial charge in [0.15, 0.2) is 14.6 Å². The highest BCUT2D eigenvalue weighted by atomic mass is 28.4. The largest absolute Gasteiger partial charge is 0.410 e. The Kier molecular flexibility index (Phi) is 8.08. The summed E-state index contributed by atoms with van der Waals surface area (Å²) in [6.07, 6.45) is 8.60. The summed E-state index contributed by atoms with van der Waals surface area (Å²) < 4.78 is 18.3. The van der Waals surface area contributed by atoms with Crippen LogP contribution in [0.1, 0.15) is 52.0 Å². The predicted octanol–water partition coefficient (Wildman–Crippen LogP) is 6.02. The Morgan fingerprint density at radius 1 is 1.19 bits per heavy atom. The molecule has 0 saturated carbocycles. The number of hydrogen-bond acceptors (Lipinski definition) is 3. The van der Waals surface area contributed by atoms with Crippen molar-refractivity contribution in [3.8, 4) is 0 Å². The van der Waals surface area contributed by atoms with Gasteiger partial charge in [0.25, 0.3) is 0 Å². The summed E-state index contributed by atoms with van der Waals surface area (Å²) >= 11 is 0. The molecule has 1 saturated heterocycles. The lowest BCUT2D eigenvalue weighted by molar-refractivity contribution is -0.164. The van der Waals surface area contributed by atoms with Crippen LogP contribution in [-0.2, 0) is 13.9 Å². The average Bonchev–Trinajstić information content (AvgIpc) is 2.60. The Balaban J connectivity index is 1.96. The second-order valence-corrected chi connectivity index (χ2v) is 13.4. The van der Waals surface area contributed by atoms with Crippen molar-refractivity contribution < 1.29 is 13.9 Å². The van der Waals surface area contributed by atoms with E-state index in [4.69, 9.17) is 13.9 Å². The van der Waals surface area contributed by atoms with Crippen LogP contribution in [0.4, 0.5) is 0 Å². The second-order valence-electron chi connectivity index (χ2n) is 8.64. The molecular weight excluding hydrogens is 340 g/mol. The zero-order valence-electron chi connectivity index (χ0n) is 17.2. The monoisotopic (exact) mass is 376 g/mol. The van der Waals surface area contributed by atoms with E-state index in [9.17, 15) is 0 Å². The van der Waals surface area contributed by atoms with Crippen LogP contribution in [0.2, 0.25) is 18.1 Å². The molecule has 0 N–H and O–H groups in total. The molecule has 0 amide bonds. The van der Waals surface area contributed by atoms with Gasteiger partial charge in [-0.3, -0.25) is 0 Å². The summed E-state index contributed by atoms with van der Waals surface area (Å²) in [5, 5.41) is 0.194. The first-order valence-corrected chi connectivity index (χ1v) is 12.8. The van der Waals surface area contributed by atoms with Crippen LogP contribution >= 0.6 is 0 Å². The van der Waals surface area contributed by atoms with E-state index in [2.05, 4.69) is 70.3 Å². The lowest BCUT2D eigenvalue weighted by Gasteiger charge is -2.38. The Morgan fingerprint density at radius 2 is 1.92 bits per heavy atom. The van der Waals surface area contributed by atoms with E-state index in [1.165, 1.54) is 12.0 Å². The van der Waals surface area contributed by atoms with Gasteiger partial charge in [-0.2, -0.15) is 0 Å². The molecule has 4 heteroatoms. The van der Waals surface area contributed by atoms with E-state index in [1.54, 1.807) is 0 Å². The Bertz CT molecular complexity index is 542. The molecule has 1 aromatic rings. The summed E-state index contributed by atoms with van der Waals surface area (Å²) in [6, 6.07) is 10.4. The van der Waals surface area contributed by atoms with Crippen molar-refractivity contribution in [2.24, 2.45) is 0 Å². The van der Waals surface area contributed by atoms with Gasteiger partial charge in [0.2, 0.25) is 0 Å². The molecule has 1 fully saturated rings. The fourth-order valence-electron chi connectivity index (χ4n) is 2.69. The van der Waals surface area contributed by atoms with E-state index in [1.807, 2.05) is 6.07 Å². The van der Waals surface area contributed by atoms with Gasteiger partial charge in [-0.15, -0.1) is 0 Å². The fraction of sp³-hybridized carbons (Fsp3) is 0.636. The number of rotatable bonds is 8. The normalized spacial score (nSPS) is 20.4. The highest BCUT2D eigenvalue weighted by Gasteiger charge is 2.38. The predicted molar refractivity (Wildman–Crippen MR) is 112 cm³/mol. The first-order chi connectivity index (χ1) is 12.3. The van der Waals surface area contributed by atoms with Crippen LogP contribution in [0.25, 0.3) is 6.08 Å². The van der Waals surface area contributed by atoms with Crippen molar-refractivity contribution in [2.75, 3.05) is 13.2 Å². The third-order valence-corrected chi connectivity index (χ3v) is 9.90. The van der Waals surface area contributed by atoms with Gasteiger partial charge in [-0.05, 0) is 49.4 Å². The van der Waals surface area contributed by atoms with Gasteiger partial charge in [0.05, 0.1) is 12.7 Å². The van der Waals surface area contributed by atoms with Gasteiger partial charge in [0, 0.05) is 6.61 Å². The van der Waals surface area contributed by atoms with E-state index in [0.717, 1.165) is 25.9 Å². The van der Waals surface area contributed by atoms with E-state index in [-0.39, 0.29) is 17.4 Å². The van der Waals surface area contributed by atoms with Crippen LogP contribution in [0.5, 0.6) is 0 Å². The first kappa shape index (κ1) is 21.4. The Hall–Kier alpha value is -0.943. The molecule has 0 bridgehead atoms. The van der Waals surface area contributed by atoms with Crippen molar-refractivity contribution in [2.45, 2.75) is 77.0 Å². The Labute approximate surface area is 160 Å². The molecule has 146 valence electrons. The zero-order chi connectivity index (χ0) is 19.0. The summed E-state index contributed by atoms with van der Waals surface area (Å²) in [5.41, 5.74) is 1.20. The zero-order valence-corrected chi connectivity index (χ0v) is 18.2. The van der Waals surface area contributed by atoms with Crippen molar-refractivity contribution in [1.82, 2.24) is 0 Å². The van der Waals surface area contributed by atoms with Crippen molar-refractivity contribution in [1.29, 1.82) is 0 Å². The molecule has 0 radical (unpaired) electrons. The summed E-state index contributed by atoms with van der Waals surface area (Å²) in [6.45, 7) is 12.9. The molecule has 1 heterocycles. The lowest BCUT2D eigenvalue weighted by Crippen LogP contribution is -2.43. The average molecular weight is 377 g/mol. The summed E-state index contributed by atoms with van der Waals surface area (Å²) in [5.74, 6) is 0. The standard InChI is InChI=1S/C22H36O3Si/c1-22(2,3)26(4,5)25-20(15-14-19-11-7-6-8-12-19)16-18-24-21-13-9-10-17-23-21/h6-8,11-12,14-15,20-21H,9-10,13,16-18H2,1-5H3/b15-14+/t20-,21?/m0/s1. The molecule has 26 heavy (non-hydrogen) atoms. The first-order valence-electron chi connectivity index (χ1n) is 9.92. The molecule has 0 aromatic heterocycles. The SMILES string of the molecule is CC(C)(C)[Si](C)(C)O[C@@H](/C=C/c1ccccc1)CCOC1CCCCO1. The number of ether oxygens (including phenoxy) is 2. The van der Waals surface area contributed by atoms with Gasteiger partial charge in [0.1, 0.15) is 0 Å². The lowest BCUT2D eigenvalue weighted by atomic mass is 10.1. The smallest absolute Gasteiger partial charge is 0.192 e. The fourth-order valence-corrected chi connectivity index (χ4v) is 4.00. The minimum atomic E-state index is -1.83. The molecule has 1 unspecified atom stereocenters. The molecule has 2 rings (SSSR count). The van der Waals surface area contributed by atoms with Crippen LogP contribution < -0.4 is 0 Å². The third-order valence-electron chi connectivity index (χ3n) is 5.40. The molecule has 0 aliphatic carbocycles. The van der Waals surface area contributed by atoms with E-state index in [0.29, 0.717) is 6.61 Å². The van der Waals surface area contributed by atoms with Gasteiger partial charge in [-0.1, -0.05) is 63.3 Å². The molecule has 1 aliphatic heterocycles. The highest BCUT2D eigenvalue weighted by molar-refractivity contribution is 6.74. The van der Waals surface area contributed by atoms with Crippen LogP contribution in [0, 0.1) is 0 Å². The minimum Gasteiger partial charge on any atom is -0.410 e. The topological polar surface area (TPSA) is 27.7 Å². The van der Waals surface area contributed by atoms with E-state index < -0.39 is 8.32 Å². The second kappa shape index (κ2) is 9.84. The minimum absolute atomic E-state index is 0.0321. The molecular formula is C22H36O3Si. The maximum Gasteiger partial charge on any atom is 0.192 e. The number of benzene rings is 1. The van der Waals surface area contributed by atoms with Gasteiger partial charge >= 0.3 is 0 Å². The quantitative estimate of drug-likeness (QED) is 0.519. The third kappa shape index (κ3) is 6.99. The van der Waals surface area contributed by atoms with Crippen LogP contribution in [-0.4, -0.2) is 33.9 Å². The van der Waals surface area contributed by atoms with Crippen LogP contribution in [0.15, 0.2) is 36.4 Å². The molecule has 1 aromatic carbocycles. The highest BCUT2D eigenvalue weighted by Crippen LogP contribution is 2.37.